The molecule has 14 nitrogen and oxygen atoms in total. The van der Waals surface area contributed by atoms with Gasteiger partial charge in [-0.05, 0) is 6.07 Å². The van der Waals surface area contributed by atoms with Crippen LogP contribution in [0.15, 0.2) is 18.3 Å². The zero-order chi connectivity index (χ0) is 26.0. The Morgan fingerprint density at radius 1 is 0.889 bits per heavy atom. The number of carboxylic acids is 1. The van der Waals surface area contributed by atoms with Gasteiger partial charge in [0.05, 0.1) is 66.1 Å². The van der Waals surface area contributed by atoms with E-state index in [-0.39, 0.29) is 24.3 Å². The van der Waals surface area contributed by atoms with Crippen LogP contribution in [0.1, 0.15) is 28.6 Å². The molecule has 0 spiro atoms. The maximum Gasteiger partial charge on any atom is 0.339 e. The lowest BCUT2D eigenvalue weighted by molar-refractivity contribution is -0.0123. The Hall–Kier alpha value is -3.01. The molecule has 2 aromatic rings. The van der Waals surface area contributed by atoms with Crippen LogP contribution in [0.4, 0.5) is 0 Å². The molecule has 0 saturated heterocycles. The Morgan fingerprint density at radius 3 is 1.94 bits per heavy atom. The number of aromatic nitrogens is 3. The minimum Gasteiger partial charge on any atom is -0.508 e. The minimum atomic E-state index is -1.37. The number of benzene rings is 1. The van der Waals surface area contributed by atoms with Crippen LogP contribution in [0.5, 0.6) is 17.2 Å². The highest BCUT2D eigenvalue weighted by atomic mass is 16.6. The standard InChI is InChI=1S/C22H34N4O10/c23-2-4-32-6-8-34-10-12-35-11-9-33-7-5-31-3-1-20(18-15-24-26-25-18)36-21-17(22(29)30)13-16(27)14-19(21)28/h13-15,20,27-28H,1-12,23H2,(H,29,30)(H,24,25,26). The second kappa shape index (κ2) is 17.4. The summed E-state index contributed by atoms with van der Waals surface area (Å²) < 4.78 is 32.7. The number of nitrogens with two attached hydrogens (primary N) is 1. The average molecular weight is 515 g/mol. The topological polar surface area (TPSA) is 201 Å². The van der Waals surface area contributed by atoms with E-state index in [0.29, 0.717) is 71.7 Å². The van der Waals surface area contributed by atoms with Crippen LogP contribution in [0, 0.1) is 0 Å². The van der Waals surface area contributed by atoms with Crippen molar-refractivity contribution < 1.29 is 48.5 Å². The first-order chi connectivity index (χ1) is 17.5. The summed E-state index contributed by atoms with van der Waals surface area (Å²) in [6.07, 6.45) is 1.01. The lowest BCUT2D eigenvalue weighted by atomic mass is 10.1. The number of rotatable bonds is 21. The molecule has 0 aliphatic carbocycles. The number of ether oxygens (including phenoxy) is 6. The molecule has 0 bridgehead atoms. The Bertz CT molecular complexity index is 869. The summed E-state index contributed by atoms with van der Waals surface area (Å²) in [5.41, 5.74) is 5.32. The maximum absolute atomic E-state index is 11.5. The number of aromatic carboxylic acids is 1. The van der Waals surface area contributed by atoms with Crippen molar-refractivity contribution in [2.45, 2.75) is 12.5 Å². The van der Waals surface area contributed by atoms with Gasteiger partial charge in [-0.2, -0.15) is 0 Å². The number of nitrogens with one attached hydrogen (secondary N) is 1. The van der Waals surface area contributed by atoms with Crippen LogP contribution in [0.25, 0.3) is 0 Å². The third kappa shape index (κ3) is 11.2. The Labute approximate surface area is 208 Å². The number of nitrogens with zero attached hydrogens (tertiary/aromatic N) is 2. The largest absolute Gasteiger partial charge is 0.508 e. The van der Waals surface area contributed by atoms with Crippen LogP contribution in [-0.4, -0.2) is 109 Å². The summed E-state index contributed by atoms with van der Waals surface area (Å²) in [5.74, 6) is -2.57. The molecular weight excluding hydrogens is 480 g/mol. The highest BCUT2D eigenvalue weighted by Crippen LogP contribution is 2.37. The van der Waals surface area contributed by atoms with Gasteiger partial charge in [0.1, 0.15) is 23.1 Å². The Kier molecular flexibility index (Phi) is 14.1. The molecule has 6 N–H and O–H groups in total. The van der Waals surface area contributed by atoms with E-state index in [9.17, 15) is 20.1 Å². The number of aromatic hydroxyl groups is 2. The van der Waals surface area contributed by atoms with Gasteiger partial charge in [-0.25, -0.2) is 4.79 Å². The molecule has 1 atom stereocenters. The number of aromatic amines is 1. The van der Waals surface area contributed by atoms with Crippen LogP contribution in [0.2, 0.25) is 0 Å². The lowest BCUT2D eigenvalue weighted by Gasteiger charge is -2.19. The molecule has 0 radical (unpaired) electrons. The second-order valence-corrected chi connectivity index (χ2v) is 7.29. The fourth-order valence-corrected chi connectivity index (χ4v) is 2.91. The quantitative estimate of drug-likeness (QED) is 0.144. The smallest absolute Gasteiger partial charge is 0.339 e. The van der Waals surface area contributed by atoms with Gasteiger partial charge in [0.2, 0.25) is 0 Å². The van der Waals surface area contributed by atoms with E-state index in [0.717, 1.165) is 12.1 Å². The third-order valence-corrected chi connectivity index (χ3v) is 4.58. The minimum absolute atomic E-state index is 0.241. The molecule has 0 saturated carbocycles. The van der Waals surface area contributed by atoms with Crippen molar-refractivity contribution in [1.29, 1.82) is 0 Å². The maximum atomic E-state index is 11.5. The molecule has 1 unspecified atom stereocenters. The van der Waals surface area contributed by atoms with E-state index in [2.05, 4.69) is 15.4 Å². The Morgan fingerprint density at radius 2 is 1.44 bits per heavy atom. The van der Waals surface area contributed by atoms with E-state index in [1.807, 2.05) is 0 Å². The number of hydrogen-bond acceptors (Lipinski definition) is 12. The molecule has 0 amide bonds. The number of carbonyl (C=O) groups is 1. The van der Waals surface area contributed by atoms with Crippen LogP contribution < -0.4 is 10.5 Å². The second-order valence-electron chi connectivity index (χ2n) is 7.29. The van der Waals surface area contributed by atoms with Crippen molar-refractivity contribution in [1.82, 2.24) is 15.4 Å². The first kappa shape index (κ1) is 29.2. The highest BCUT2D eigenvalue weighted by molar-refractivity contribution is 5.92. The van der Waals surface area contributed by atoms with Crippen LogP contribution in [-0.2, 0) is 23.7 Å². The number of H-pyrrole nitrogens is 1. The lowest BCUT2D eigenvalue weighted by Crippen LogP contribution is -2.16. The van der Waals surface area contributed by atoms with Gasteiger partial charge in [-0.3, -0.25) is 5.10 Å². The zero-order valence-corrected chi connectivity index (χ0v) is 20.0. The molecule has 1 aromatic heterocycles. The molecule has 0 aliphatic rings. The van der Waals surface area contributed by atoms with Crippen molar-refractivity contribution in [3.8, 4) is 17.2 Å². The molecule has 1 aromatic carbocycles. The molecule has 14 heteroatoms. The molecule has 0 aliphatic heterocycles. The monoisotopic (exact) mass is 514 g/mol. The molecule has 1 heterocycles. The predicted molar refractivity (Wildman–Crippen MR) is 124 cm³/mol. The van der Waals surface area contributed by atoms with Gasteiger partial charge >= 0.3 is 5.97 Å². The predicted octanol–water partition coefficient (Wildman–Crippen LogP) is 0.466. The fraction of sp³-hybridized carbons (Fsp3) is 0.591. The molecular formula is C22H34N4O10. The summed E-state index contributed by atoms with van der Waals surface area (Å²) in [7, 11) is 0. The molecule has 0 fully saturated rings. The number of carboxylic acid groups (broad SMARTS) is 1. The molecule has 36 heavy (non-hydrogen) atoms. The number of phenols is 2. The number of hydrogen-bond donors (Lipinski definition) is 5. The summed E-state index contributed by atoms with van der Waals surface area (Å²) in [5, 5.41) is 39.2. The van der Waals surface area contributed by atoms with E-state index < -0.39 is 23.6 Å². The molecule has 2 rings (SSSR count). The summed E-state index contributed by atoms with van der Waals surface area (Å²) in [6, 6.07) is 1.98. The van der Waals surface area contributed by atoms with Gasteiger partial charge in [0.15, 0.2) is 11.5 Å². The summed E-state index contributed by atoms with van der Waals surface area (Å²) in [6.45, 7) is 4.71. The Balaban J connectivity index is 1.62. The van der Waals surface area contributed by atoms with Crippen molar-refractivity contribution in [2.75, 3.05) is 72.6 Å². The highest BCUT2D eigenvalue weighted by Gasteiger charge is 2.24. The summed E-state index contributed by atoms with van der Waals surface area (Å²) in [4.78, 5) is 11.5. The third-order valence-electron chi connectivity index (χ3n) is 4.58. The van der Waals surface area contributed by atoms with Gasteiger partial charge in [0, 0.05) is 25.2 Å². The van der Waals surface area contributed by atoms with Crippen molar-refractivity contribution in [3.63, 3.8) is 0 Å². The molecule has 202 valence electrons. The number of phenolic OH excluding ortho intramolecular Hbond substituents is 2. The van der Waals surface area contributed by atoms with E-state index in [1.54, 1.807) is 0 Å². The van der Waals surface area contributed by atoms with Crippen LogP contribution >= 0.6 is 0 Å². The van der Waals surface area contributed by atoms with Crippen molar-refractivity contribution in [3.05, 3.63) is 29.6 Å². The van der Waals surface area contributed by atoms with E-state index in [1.165, 1.54) is 6.20 Å². The van der Waals surface area contributed by atoms with Crippen molar-refractivity contribution >= 4 is 5.97 Å². The average Bonchev–Trinajstić information content (AvgIpc) is 3.39. The zero-order valence-electron chi connectivity index (χ0n) is 20.0. The normalized spacial score (nSPS) is 12.0. The fourth-order valence-electron chi connectivity index (χ4n) is 2.91. The first-order valence-corrected chi connectivity index (χ1v) is 11.4. The van der Waals surface area contributed by atoms with Gasteiger partial charge in [-0.1, -0.05) is 5.21 Å². The van der Waals surface area contributed by atoms with E-state index in [4.69, 9.17) is 34.2 Å². The van der Waals surface area contributed by atoms with Gasteiger partial charge in [-0.15, -0.1) is 5.10 Å². The first-order valence-electron chi connectivity index (χ1n) is 11.4. The van der Waals surface area contributed by atoms with Crippen LogP contribution in [0.3, 0.4) is 0 Å². The summed E-state index contributed by atoms with van der Waals surface area (Å²) >= 11 is 0. The van der Waals surface area contributed by atoms with E-state index >= 15 is 0 Å². The van der Waals surface area contributed by atoms with Gasteiger partial charge < -0.3 is 49.5 Å². The van der Waals surface area contributed by atoms with Crippen molar-refractivity contribution in [2.24, 2.45) is 5.73 Å². The SMILES string of the molecule is NCCOCCOCCOCCOCCOCCC(Oc1c(O)cc(O)cc1C(=O)O)c1c[nH]nn1. The van der Waals surface area contributed by atoms with Gasteiger partial charge in [0.25, 0.3) is 0 Å².